The van der Waals surface area contributed by atoms with Crippen LogP contribution in [0.1, 0.15) is 13.8 Å². The predicted octanol–water partition coefficient (Wildman–Crippen LogP) is 5.84. The Balaban J connectivity index is 1.98. The fraction of sp³-hybridized carbons (Fsp3) is 0.143. The Labute approximate surface area is 197 Å². The summed E-state index contributed by atoms with van der Waals surface area (Å²) >= 11 is 6.27. The molecule has 0 bridgehead atoms. The van der Waals surface area contributed by atoms with Gasteiger partial charge in [0.2, 0.25) is 0 Å². The largest absolute Gasteiger partial charge is 0.205 e. The van der Waals surface area contributed by atoms with Crippen LogP contribution in [0.25, 0.3) is 0 Å². The van der Waals surface area contributed by atoms with Gasteiger partial charge in [0, 0.05) is 0 Å². The topological polar surface area (TPSA) is 0 Å². The minimum atomic E-state index is -2.16. The van der Waals surface area contributed by atoms with Crippen molar-refractivity contribution in [1.29, 1.82) is 0 Å². The molecule has 32 heavy (non-hydrogen) atoms. The zero-order chi connectivity index (χ0) is 22.6. The Bertz CT molecular complexity index is 1140. The number of rotatable bonds is 7. The summed E-state index contributed by atoms with van der Waals surface area (Å²) in [5.41, 5.74) is 0. The van der Waals surface area contributed by atoms with Gasteiger partial charge in [0.25, 0.3) is 0 Å². The maximum absolute atomic E-state index is 14.0. The third kappa shape index (κ3) is 4.32. The summed E-state index contributed by atoms with van der Waals surface area (Å²) in [5, 5.41) is 6.94. The fourth-order valence-electron chi connectivity index (χ4n) is 4.64. The predicted molar refractivity (Wildman–Crippen MR) is 143 cm³/mol. The Morgan fingerprint density at radius 1 is 0.719 bits per heavy atom. The lowest BCUT2D eigenvalue weighted by Crippen LogP contribution is -2.61. The molecule has 0 nitrogen and oxygen atoms in total. The molecule has 0 heterocycles. The number of hydrogen-bond donors (Lipinski definition) is 0. The third-order valence-corrected chi connectivity index (χ3v) is 14.7. The molecule has 0 amide bonds. The Morgan fingerprint density at radius 3 is 1.78 bits per heavy atom. The highest BCUT2D eigenvalue weighted by atomic mass is 35.5. The molecule has 0 fully saturated rings. The SMILES string of the molecule is CC[Si](CC)(c1ccc(F)c(Cl)c1)c1ccccc1P(c1ccccc1)c1ccccc1. The summed E-state index contributed by atoms with van der Waals surface area (Å²) in [6.45, 7) is 4.55. The van der Waals surface area contributed by atoms with E-state index in [1.54, 1.807) is 0 Å². The van der Waals surface area contributed by atoms with Gasteiger partial charge in [-0.05, 0) is 41.2 Å². The molecule has 0 N–H and O–H groups in total. The average molecular weight is 477 g/mol. The highest BCUT2D eigenvalue weighted by Crippen LogP contribution is 2.33. The average Bonchev–Trinajstić information content (AvgIpc) is 2.85. The first kappa shape index (κ1) is 22.9. The molecule has 0 aliphatic carbocycles. The van der Waals surface area contributed by atoms with Crippen LogP contribution in [0.5, 0.6) is 0 Å². The molecular weight excluding hydrogens is 450 g/mol. The van der Waals surface area contributed by atoms with Crippen LogP contribution in [0.4, 0.5) is 4.39 Å². The molecule has 4 aromatic rings. The van der Waals surface area contributed by atoms with Gasteiger partial charge in [-0.15, -0.1) is 0 Å². The maximum Gasteiger partial charge on any atom is 0.141 e. The second-order valence-electron chi connectivity index (χ2n) is 7.94. The zero-order valence-corrected chi connectivity index (χ0v) is 21.1. The second-order valence-corrected chi connectivity index (χ2v) is 15.2. The highest BCUT2D eigenvalue weighted by molar-refractivity contribution is 7.80. The molecule has 0 radical (unpaired) electrons. The summed E-state index contributed by atoms with van der Waals surface area (Å²) in [7, 11) is -2.88. The smallest absolute Gasteiger partial charge is 0.141 e. The zero-order valence-electron chi connectivity index (χ0n) is 18.4. The minimum Gasteiger partial charge on any atom is -0.205 e. The Morgan fingerprint density at radius 2 is 1.25 bits per heavy atom. The van der Waals surface area contributed by atoms with Gasteiger partial charge in [-0.3, -0.25) is 0 Å². The van der Waals surface area contributed by atoms with E-state index in [9.17, 15) is 4.39 Å². The number of hydrogen-bond acceptors (Lipinski definition) is 0. The highest BCUT2D eigenvalue weighted by Gasteiger charge is 2.37. The second kappa shape index (κ2) is 10.1. The molecule has 0 aliphatic rings. The summed E-state index contributed by atoms with van der Waals surface area (Å²) in [6, 6.07) is 38.0. The van der Waals surface area contributed by atoms with Crippen molar-refractivity contribution in [2.75, 3.05) is 0 Å². The lowest BCUT2D eigenvalue weighted by Gasteiger charge is -2.35. The lowest BCUT2D eigenvalue weighted by molar-refractivity contribution is 0.628. The molecule has 0 aromatic heterocycles. The molecule has 0 aliphatic heterocycles. The molecule has 0 atom stereocenters. The van der Waals surface area contributed by atoms with Gasteiger partial charge in [0.05, 0.1) is 5.02 Å². The molecule has 4 rings (SSSR count). The van der Waals surface area contributed by atoms with Crippen LogP contribution >= 0.6 is 19.5 Å². The van der Waals surface area contributed by atoms with E-state index in [0.29, 0.717) is 0 Å². The van der Waals surface area contributed by atoms with Crippen LogP contribution in [-0.4, -0.2) is 8.07 Å². The summed E-state index contributed by atoms with van der Waals surface area (Å²) in [4.78, 5) is 0. The Kier molecular flexibility index (Phi) is 7.26. The van der Waals surface area contributed by atoms with Gasteiger partial charge in [-0.25, -0.2) is 4.39 Å². The van der Waals surface area contributed by atoms with Crippen molar-refractivity contribution in [2.45, 2.75) is 25.9 Å². The van der Waals surface area contributed by atoms with Crippen molar-refractivity contribution < 1.29 is 4.39 Å². The molecule has 0 unspecified atom stereocenters. The van der Waals surface area contributed by atoms with Crippen LogP contribution in [0.2, 0.25) is 17.1 Å². The first-order valence-electron chi connectivity index (χ1n) is 11.1. The van der Waals surface area contributed by atoms with Crippen molar-refractivity contribution in [1.82, 2.24) is 0 Å². The Hall–Kier alpha value is -2.25. The number of benzene rings is 4. The third-order valence-electron chi connectivity index (χ3n) is 6.37. The molecule has 4 aromatic carbocycles. The van der Waals surface area contributed by atoms with Gasteiger partial charge in [-0.1, -0.05) is 134 Å². The van der Waals surface area contributed by atoms with Gasteiger partial charge in [0.1, 0.15) is 13.9 Å². The van der Waals surface area contributed by atoms with E-state index < -0.39 is 16.0 Å². The summed E-state index contributed by atoms with van der Waals surface area (Å²) in [6.07, 6.45) is 0. The first-order chi connectivity index (χ1) is 15.6. The molecule has 0 saturated heterocycles. The van der Waals surface area contributed by atoms with Gasteiger partial charge in [-0.2, -0.15) is 0 Å². The summed E-state index contributed by atoms with van der Waals surface area (Å²) < 4.78 is 14.0. The van der Waals surface area contributed by atoms with E-state index in [1.165, 1.54) is 32.4 Å². The minimum absolute atomic E-state index is 0.215. The van der Waals surface area contributed by atoms with Crippen molar-refractivity contribution in [3.63, 3.8) is 0 Å². The van der Waals surface area contributed by atoms with Crippen LogP contribution in [0.3, 0.4) is 0 Å². The fourth-order valence-corrected chi connectivity index (χ4v) is 12.4. The van der Waals surface area contributed by atoms with Crippen molar-refractivity contribution >= 4 is 53.9 Å². The lowest BCUT2D eigenvalue weighted by atomic mass is 10.3. The normalized spacial score (nSPS) is 11.7. The van der Waals surface area contributed by atoms with Gasteiger partial charge in [0.15, 0.2) is 0 Å². The first-order valence-corrected chi connectivity index (χ1v) is 15.2. The maximum atomic E-state index is 14.0. The van der Waals surface area contributed by atoms with Crippen LogP contribution in [0, 0.1) is 5.82 Å². The molecule has 162 valence electrons. The van der Waals surface area contributed by atoms with E-state index in [1.807, 2.05) is 12.1 Å². The van der Waals surface area contributed by atoms with E-state index in [4.69, 9.17) is 11.6 Å². The van der Waals surface area contributed by atoms with Crippen LogP contribution < -0.4 is 26.3 Å². The molecule has 0 saturated carbocycles. The number of halogens is 2. The standard InChI is InChI=1S/C28H27ClFPSi/c1-3-32(4-2,24-19-20-26(30)25(29)21-24)28-18-12-11-17-27(28)31(22-13-7-5-8-14-22)23-15-9-6-10-16-23/h5-21H,3-4H2,1-2H3. The monoisotopic (exact) mass is 476 g/mol. The quantitative estimate of drug-likeness (QED) is 0.232. The van der Waals surface area contributed by atoms with E-state index in [-0.39, 0.29) is 10.8 Å². The van der Waals surface area contributed by atoms with Crippen LogP contribution in [0.15, 0.2) is 103 Å². The van der Waals surface area contributed by atoms with Crippen molar-refractivity contribution in [3.05, 3.63) is 114 Å². The summed E-state index contributed by atoms with van der Waals surface area (Å²) in [5.74, 6) is -0.352. The van der Waals surface area contributed by atoms with Crippen molar-refractivity contribution in [3.8, 4) is 0 Å². The van der Waals surface area contributed by atoms with E-state index >= 15 is 0 Å². The van der Waals surface area contributed by atoms with Crippen molar-refractivity contribution in [2.24, 2.45) is 0 Å². The van der Waals surface area contributed by atoms with E-state index in [0.717, 1.165) is 12.1 Å². The molecular formula is C28H27ClFPSi. The van der Waals surface area contributed by atoms with Crippen LogP contribution in [-0.2, 0) is 0 Å². The molecule has 4 heteroatoms. The van der Waals surface area contributed by atoms with Gasteiger partial charge >= 0.3 is 0 Å². The van der Waals surface area contributed by atoms with Gasteiger partial charge < -0.3 is 0 Å². The van der Waals surface area contributed by atoms with E-state index in [2.05, 4.69) is 98.8 Å². The molecule has 0 spiro atoms.